The summed E-state index contributed by atoms with van der Waals surface area (Å²) in [6, 6.07) is 10.1. The van der Waals surface area contributed by atoms with Gasteiger partial charge in [-0.3, -0.25) is 4.79 Å². The fourth-order valence-corrected chi connectivity index (χ4v) is 3.61. The van der Waals surface area contributed by atoms with E-state index in [1.165, 1.54) is 5.56 Å². The van der Waals surface area contributed by atoms with Crippen LogP contribution in [0.5, 0.6) is 0 Å². The van der Waals surface area contributed by atoms with Gasteiger partial charge < -0.3 is 16.0 Å². The number of hydrogen-bond acceptors (Lipinski definition) is 2. The maximum absolute atomic E-state index is 11.9. The summed E-state index contributed by atoms with van der Waals surface area (Å²) in [6.07, 6.45) is 5.96. The number of benzene rings is 1. The number of carbonyl (C=O) groups excluding carboxylic acids is 2. The predicted molar refractivity (Wildman–Crippen MR) is 109 cm³/mol. The van der Waals surface area contributed by atoms with E-state index in [9.17, 15) is 9.59 Å². The Morgan fingerprint density at radius 3 is 2.11 bits per heavy atom. The van der Waals surface area contributed by atoms with Crippen molar-refractivity contribution in [3.63, 3.8) is 0 Å². The number of urea groups is 1. The average molecular weight is 374 g/mol. The monoisotopic (exact) mass is 373 g/mol. The molecule has 1 aliphatic rings. The molecule has 0 radical (unpaired) electrons. The van der Waals surface area contributed by atoms with Crippen LogP contribution in [0.3, 0.4) is 0 Å². The Balaban J connectivity index is 1.52. The highest BCUT2D eigenvalue weighted by Crippen LogP contribution is 2.27. The van der Waals surface area contributed by atoms with Crippen molar-refractivity contribution in [1.29, 1.82) is 0 Å². The van der Waals surface area contributed by atoms with Gasteiger partial charge in [0.2, 0.25) is 5.91 Å². The molecular formula is C22H35N3O2. The van der Waals surface area contributed by atoms with Crippen LogP contribution in [0.4, 0.5) is 4.79 Å². The van der Waals surface area contributed by atoms with E-state index in [1.807, 2.05) is 18.2 Å². The van der Waals surface area contributed by atoms with Crippen molar-refractivity contribution in [3.05, 3.63) is 35.9 Å². The van der Waals surface area contributed by atoms with Crippen LogP contribution in [-0.4, -0.2) is 31.6 Å². The first-order chi connectivity index (χ1) is 13.0. The summed E-state index contributed by atoms with van der Waals surface area (Å²) in [5, 5.41) is 9.00. The third-order valence-corrected chi connectivity index (χ3v) is 5.24. The molecule has 0 aromatic heterocycles. The van der Waals surface area contributed by atoms with Crippen molar-refractivity contribution in [2.45, 2.75) is 52.4 Å². The number of rotatable bonds is 9. The first kappa shape index (κ1) is 21.3. The van der Waals surface area contributed by atoms with E-state index in [0.29, 0.717) is 30.7 Å². The summed E-state index contributed by atoms with van der Waals surface area (Å²) < 4.78 is 0. The second-order valence-corrected chi connectivity index (χ2v) is 8.16. The summed E-state index contributed by atoms with van der Waals surface area (Å²) in [6.45, 7) is 6.32. The summed E-state index contributed by atoms with van der Waals surface area (Å²) in [4.78, 5) is 23.7. The quantitative estimate of drug-likeness (QED) is 0.620. The molecule has 3 amide bonds. The zero-order valence-corrected chi connectivity index (χ0v) is 16.8. The van der Waals surface area contributed by atoms with E-state index in [1.54, 1.807) is 0 Å². The van der Waals surface area contributed by atoms with Gasteiger partial charge in [0.25, 0.3) is 0 Å². The molecule has 0 saturated heterocycles. The zero-order chi connectivity index (χ0) is 19.5. The molecule has 1 aromatic rings. The van der Waals surface area contributed by atoms with Crippen LogP contribution < -0.4 is 16.0 Å². The SMILES string of the molecule is CC(C)CC(=O)NCC1CCC(CNC(=O)NCCc2ccccc2)CC1. The highest BCUT2D eigenvalue weighted by atomic mass is 16.2. The van der Waals surface area contributed by atoms with Crippen molar-refractivity contribution < 1.29 is 9.59 Å². The van der Waals surface area contributed by atoms with Gasteiger partial charge in [-0.1, -0.05) is 44.2 Å². The third kappa shape index (κ3) is 8.94. The molecule has 1 aromatic carbocycles. The van der Waals surface area contributed by atoms with Crippen LogP contribution in [0.1, 0.15) is 51.5 Å². The van der Waals surface area contributed by atoms with Gasteiger partial charge in [-0.05, 0) is 55.4 Å². The molecule has 1 aliphatic carbocycles. The van der Waals surface area contributed by atoms with Crippen LogP contribution in [0.15, 0.2) is 30.3 Å². The summed E-state index contributed by atoms with van der Waals surface area (Å²) in [7, 11) is 0. The number of hydrogen-bond donors (Lipinski definition) is 3. The van der Waals surface area contributed by atoms with E-state index in [4.69, 9.17) is 0 Å². The molecule has 0 bridgehead atoms. The lowest BCUT2D eigenvalue weighted by Gasteiger charge is -2.28. The zero-order valence-electron chi connectivity index (χ0n) is 16.8. The number of nitrogens with one attached hydrogen (secondary N) is 3. The van der Waals surface area contributed by atoms with Crippen LogP contribution >= 0.6 is 0 Å². The first-order valence-corrected chi connectivity index (χ1v) is 10.3. The molecule has 3 N–H and O–H groups in total. The van der Waals surface area contributed by atoms with Gasteiger partial charge in [-0.15, -0.1) is 0 Å². The summed E-state index contributed by atoms with van der Waals surface area (Å²) in [5.41, 5.74) is 1.23. The summed E-state index contributed by atoms with van der Waals surface area (Å²) in [5.74, 6) is 1.70. The molecular weight excluding hydrogens is 338 g/mol. The second kappa shape index (κ2) is 11.6. The minimum absolute atomic E-state index is 0.0750. The molecule has 150 valence electrons. The van der Waals surface area contributed by atoms with Crippen molar-refractivity contribution in [2.75, 3.05) is 19.6 Å². The molecule has 0 atom stereocenters. The lowest BCUT2D eigenvalue weighted by Crippen LogP contribution is -2.40. The van der Waals surface area contributed by atoms with Gasteiger partial charge >= 0.3 is 6.03 Å². The molecule has 0 aliphatic heterocycles. The van der Waals surface area contributed by atoms with Gasteiger partial charge in [0.15, 0.2) is 0 Å². The topological polar surface area (TPSA) is 70.2 Å². The fraction of sp³-hybridized carbons (Fsp3) is 0.636. The van der Waals surface area contributed by atoms with Crippen molar-refractivity contribution in [1.82, 2.24) is 16.0 Å². The van der Waals surface area contributed by atoms with E-state index in [0.717, 1.165) is 45.2 Å². The molecule has 1 saturated carbocycles. The molecule has 5 nitrogen and oxygen atoms in total. The fourth-order valence-electron chi connectivity index (χ4n) is 3.61. The Morgan fingerprint density at radius 2 is 1.52 bits per heavy atom. The van der Waals surface area contributed by atoms with E-state index < -0.39 is 0 Å². The maximum atomic E-state index is 11.9. The van der Waals surface area contributed by atoms with Gasteiger partial charge in [-0.2, -0.15) is 0 Å². The molecule has 27 heavy (non-hydrogen) atoms. The van der Waals surface area contributed by atoms with Crippen LogP contribution in [0.25, 0.3) is 0 Å². The molecule has 5 heteroatoms. The first-order valence-electron chi connectivity index (χ1n) is 10.3. The van der Waals surface area contributed by atoms with Gasteiger partial charge in [-0.25, -0.2) is 4.79 Å². The molecule has 0 spiro atoms. The van der Waals surface area contributed by atoms with Gasteiger partial charge in [0.05, 0.1) is 0 Å². The molecule has 2 rings (SSSR count). The molecule has 0 heterocycles. The van der Waals surface area contributed by atoms with E-state index in [-0.39, 0.29) is 11.9 Å². The normalized spacial score (nSPS) is 19.5. The van der Waals surface area contributed by atoms with Crippen LogP contribution in [-0.2, 0) is 11.2 Å². The number of amides is 3. The van der Waals surface area contributed by atoms with Crippen molar-refractivity contribution >= 4 is 11.9 Å². The third-order valence-electron chi connectivity index (χ3n) is 5.24. The van der Waals surface area contributed by atoms with E-state index >= 15 is 0 Å². The molecule has 0 unspecified atom stereocenters. The maximum Gasteiger partial charge on any atom is 0.314 e. The van der Waals surface area contributed by atoms with Crippen LogP contribution in [0, 0.1) is 17.8 Å². The second-order valence-electron chi connectivity index (χ2n) is 8.16. The Labute approximate surface area is 163 Å². The van der Waals surface area contributed by atoms with Gasteiger partial charge in [0, 0.05) is 26.1 Å². The summed E-state index contributed by atoms with van der Waals surface area (Å²) >= 11 is 0. The van der Waals surface area contributed by atoms with Crippen molar-refractivity contribution in [3.8, 4) is 0 Å². The standard InChI is InChI=1S/C22H35N3O2/c1-17(2)14-21(26)24-15-19-8-10-20(11-9-19)16-25-22(27)23-13-12-18-6-4-3-5-7-18/h3-7,17,19-20H,8-16H2,1-2H3,(H,24,26)(H2,23,25,27). The minimum atomic E-state index is -0.0750. The average Bonchev–Trinajstić information content (AvgIpc) is 2.66. The van der Waals surface area contributed by atoms with E-state index in [2.05, 4.69) is 41.9 Å². The lowest BCUT2D eigenvalue weighted by molar-refractivity contribution is -0.122. The highest BCUT2D eigenvalue weighted by molar-refractivity contribution is 5.76. The van der Waals surface area contributed by atoms with Crippen molar-refractivity contribution in [2.24, 2.45) is 17.8 Å². The largest absolute Gasteiger partial charge is 0.356 e. The lowest BCUT2D eigenvalue weighted by atomic mass is 9.82. The molecule has 1 fully saturated rings. The Kier molecular flexibility index (Phi) is 9.16. The minimum Gasteiger partial charge on any atom is -0.356 e. The van der Waals surface area contributed by atoms with Gasteiger partial charge in [0.1, 0.15) is 0 Å². The smallest absolute Gasteiger partial charge is 0.314 e. The Hall–Kier alpha value is -2.04. The Morgan fingerprint density at radius 1 is 0.926 bits per heavy atom. The highest BCUT2D eigenvalue weighted by Gasteiger charge is 2.22. The van der Waals surface area contributed by atoms with Crippen LogP contribution in [0.2, 0.25) is 0 Å². The number of carbonyl (C=O) groups is 2. The predicted octanol–water partition coefficient (Wildman–Crippen LogP) is 3.50. The Bertz CT molecular complexity index is 566.